The number of nitrogens with zero attached hydrogens (tertiary/aromatic N) is 2. The number of benzene rings is 2. The van der Waals surface area contributed by atoms with Gasteiger partial charge in [-0.1, -0.05) is 54.1 Å². The van der Waals surface area contributed by atoms with Crippen LogP contribution in [0.1, 0.15) is 24.9 Å². The standard InChI is InChI=1S/C23H27ClN4O3/c1-17(29)25-21(18-7-3-2-4-8-18)15-23(31)28-13-11-27(12-14-28)16-22(30)26-20-10-6-5-9-19(20)24/h2-10,21H,11-16H2,1H3,(H,25,29)(H,26,30)/t21-/m0/s1. The minimum absolute atomic E-state index is 0.0113. The lowest BCUT2D eigenvalue weighted by Crippen LogP contribution is -2.51. The van der Waals surface area contributed by atoms with Crippen molar-refractivity contribution in [3.63, 3.8) is 0 Å². The second-order valence-corrected chi connectivity index (χ2v) is 7.96. The lowest BCUT2D eigenvalue weighted by atomic mass is 10.0. The van der Waals surface area contributed by atoms with Crippen molar-refractivity contribution in [3.05, 3.63) is 65.2 Å². The normalized spacial score (nSPS) is 15.2. The predicted octanol–water partition coefficient (Wildman–Crippen LogP) is 2.69. The van der Waals surface area contributed by atoms with E-state index in [-0.39, 0.29) is 36.7 Å². The maximum Gasteiger partial charge on any atom is 0.238 e. The Bertz CT molecular complexity index is 914. The van der Waals surface area contributed by atoms with Crippen LogP contribution in [-0.4, -0.2) is 60.2 Å². The molecule has 2 aromatic carbocycles. The summed E-state index contributed by atoms with van der Waals surface area (Å²) < 4.78 is 0. The summed E-state index contributed by atoms with van der Waals surface area (Å²) in [4.78, 5) is 40.6. The number of nitrogens with one attached hydrogen (secondary N) is 2. The molecule has 0 radical (unpaired) electrons. The van der Waals surface area contributed by atoms with Crippen molar-refractivity contribution >= 4 is 35.0 Å². The van der Waals surface area contributed by atoms with Gasteiger partial charge in [-0.15, -0.1) is 0 Å². The summed E-state index contributed by atoms with van der Waals surface area (Å²) in [7, 11) is 0. The molecule has 31 heavy (non-hydrogen) atoms. The van der Waals surface area contributed by atoms with Gasteiger partial charge in [-0.05, 0) is 17.7 Å². The Morgan fingerprint density at radius 3 is 2.26 bits per heavy atom. The maximum atomic E-state index is 12.8. The van der Waals surface area contributed by atoms with Gasteiger partial charge in [0, 0.05) is 33.1 Å². The molecule has 3 amide bonds. The molecule has 0 spiro atoms. The molecule has 3 rings (SSSR count). The number of para-hydroxylation sites is 1. The van der Waals surface area contributed by atoms with Crippen LogP contribution in [0.5, 0.6) is 0 Å². The van der Waals surface area contributed by atoms with Crippen molar-refractivity contribution in [1.29, 1.82) is 0 Å². The third kappa shape index (κ3) is 6.80. The van der Waals surface area contributed by atoms with E-state index < -0.39 is 0 Å². The first kappa shape index (κ1) is 22.8. The number of carbonyl (C=O) groups excluding carboxylic acids is 3. The molecule has 164 valence electrons. The maximum absolute atomic E-state index is 12.8. The Kier molecular flexibility index (Phi) is 8.03. The number of halogens is 1. The molecule has 0 unspecified atom stereocenters. The Morgan fingerprint density at radius 2 is 1.61 bits per heavy atom. The Labute approximate surface area is 187 Å². The molecule has 8 heteroatoms. The van der Waals surface area contributed by atoms with Gasteiger partial charge in [-0.2, -0.15) is 0 Å². The third-order valence-electron chi connectivity index (χ3n) is 5.20. The van der Waals surface area contributed by atoms with Crippen molar-refractivity contribution < 1.29 is 14.4 Å². The highest BCUT2D eigenvalue weighted by atomic mass is 35.5. The molecule has 1 atom stereocenters. The number of rotatable bonds is 7. The van der Waals surface area contributed by atoms with Crippen molar-refractivity contribution in [2.75, 3.05) is 38.0 Å². The molecule has 0 saturated carbocycles. The molecule has 0 aromatic heterocycles. The quantitative estimate of drug-likeness (QED) is 0.690. The molecule has 7 nitrogen and oxygen atoms in total. The van der Waals surface area contributed by atoms with E-state index in [1.165, 1.54) is 6.92 Å². The number of carbonyl (C=O) groups is 3. The lowest BCUT2D eigenvalue weighted by molar-refractivity contribution is -0.133. The molecule has 1 fully saturated rings. The van der Waals surface area contributed by atoms with E-state index in [0.29, 0.717) is 36.9 Å². The number of anilines is 1. The highest BCUT2D eigenvalue weighted by molar-refractivity contribution is 6.33. The van der Waals surface area contributed by atoms with Crippen molar-refractivity contribution in [1.82, 2.24) is 15.1 Å². The fourth-order valence-electron chi connectivity index (χ4n) is 3.60. The van der Waals surface area contributed by atoms with E-state index in [0.717, 1.165) is 5.56 Å². The average molecular weight is 443 g/mol. The van der Waals surface area contributed by atoms with Gasteiger partial charge in [0.2, 0.25) is 17.7 Å². The fourth-order valence-corrected chi connectivity index (χ4v) is 3.78. The molecule has 2 aromatic rings. The Hall–Kier alpha value is -2.90. The van der Waals surface area contributed by atoms with Crippen molar-refractivity contribution in [3.8, 4) is 0 Å². The zero-order valence-electron chi connectivity index (χ0n) is 17.5. The van der Waals surface area contributed by atoms with Crippen molar-refractivity contribution in [2.24, 2.45) is 0 Å². The second kappa shape index (κ2) is 10.9. The largest absolute Gasteiger partial charge is 0.349 e. The van der Waals surface area contributed by atoms with Crippen LogP contribution in [0.2, 0.25) is 5.02 Å². The Morgan fingerprint density at radius 1 is 0.968 bits per heavy atom. The minimum atomic E-state index is -0.356. The fraction of sp³-hybridized carbons (Fsp3) is 0.348. The van der Waals surface area contributed by atoms with Gasteiger partial charge >= 0.3 is 0 Å². The van der Waals surface area contributed by atoms with Crippen LogP contribution in [0, 0.1) is 0 Å². The minimum Gasteiger partial charge on any atom is -0.349 e. The molecule has 0 bridgehead atoms. The molecule has 2 N–H and O–H groups in total. The van der Waals surface area contributed by atoms with Gasteiger partial charge in [0.05, 0.1) is 29.7 Å². The van der Waals surface area contributed by atoms with Crippen LogP contribution in [-0.2, 0) is 14.4 Å². The number of amides is 3. The van der Waals surface area contributed by atoms with E-state index in [4.69, 9.17) is 11.6 Å². The van der Waals surface area contributed by atoms with E-state index in [1.807, 2.05) is 47.4 Å². The van der Waals surface area contributed by atoms with Crippen LogP contribution in [0.15, 0.2) is 54.6 Å². The highest BCUT2D eigenvalue weighted by Crippen LogP contribution is 2.21. The smallest absolute Gasteiger partial charge is 0.238 e. The molecule has 1 aliphatic rings. The highest BCUT2D eigenvalue weighted by Gasteiger charge is 2.25. The summed E-state index contributed by atoms with van der Waals surface area (Å²) >= 11 is 6.08. The van der Waals surface area contributed by atoms with E-state index in [2.05, 4.69) is 10.6 Å². The summed E-state index contributed by atoms with van der Waals surface area (Å²) in [5, 5.41) is 6.19. The van der Waals surface area contributed by atoms with Crippen molar-refractivity contribution in [2.45, 2.75) is 19.4 Å². The number of piperazine rings is 1. The van der Waals surface area contributed by atoms with E-state index in [1.54, 1.807) is 17.0 Å². The van der Waals surface area contributed by atoms with Gasteiger partial charge in [0.1, 0.15) is 0 Å². The predicted molar refractivity (Wildman–Crippen MR) is 121 cm³/mol. The number of hydrogen-bond acceptors (Lipinski definition) is 4. The summed E-state index contributed by atoms with van der Waals surface area (Å²) in [5.74, 6) is -0.318. The summed E-state index contributed by atoms with van der Waals surface area (Å²) in [6.07, 6.45) is 0.205. The SMILES string of the molecule is CC(=O)N[C@@H](CC(=O)N1CCN(CC(=O)Nc2ccccc2Cl)CC1)c1ccccc1. The Balaban J connectivity index is 1.49. The van der Waals surface area contributed by atoms with Crippen LogP contribution in [0.3, 0.4) is 0 Å². The summed E-state index contributed by atoms with van der Waals surface area (Å²) in [6, 6.07) is 16.2. The van der Waals surface area contributed by atoms with Gasteiger partial charge in [0.25, 0.3) is 0 Å². The third-order valence-corrected chi connectivity index (χ3v) is 5.53. The topological polar surface area (TPSA) is 81.8 Å². The molecular formula is C23H27ClN4O3. The second-order valence-electron chi connectivity index (χ2n) is 7.55. The van der Waals surface area contributed by atoms with E-state index >= 15 is 0 Å². The van der Waals surface area contributed by atoms with Gasteiger partial charge < -0.3 is 15.5 Å². The number of hydrogen-bond donors (Lipinski definition) is 2. The monoisotopic (exact) mass is 442 g/mol. The van der Waals surface area contributed by atoms with Gasteiger partial charge in [-0.25, -0.2) is 0 Å². The average Bonchev–Trinajstić information content (AvgIpc) is 2.75. The molecule has 1 heterocycles. The molecule has 1 saturated heterocycles. The van der Waals surface area contributed by atoms with Gasteiger partial charge in [-0.3, -0.25) is 19.3 Å². The summed E-state index contributed by atoms with van der Waals surface area (Å²) in [6.45, 7) is 3.99. The zero-order valence-corrected chi connectivity index (χ0v) is 18.3. The van der Waals surface area contributed by atoms with Crippen LogP contribution < -0.4 is 10.6 Å². The molecule has 1 aliphatic heterocycles. The van der Waals surface area contributed by atoms with Gasteiger partial charge in [0.15, 0.2) is 0 Å². The first-order valence-electron chi connectivity index (χ1n) is 10.3. The summed E-state index contributed by atoms with van der Waals surface area (Å²) in [5.41, 5.74) is 1.49. The molecular weight excluding hydrogens is 416 g/mol. The van der Waals surface area contributed by atoms with Crippen LogP contribution in [0.4, 0.5) is 5.69 Å². The first-order valence-corrected chi connectivity index (χ1v) is 10.7. The first-order chi connectivity index (χ1) is 14.9. The molecule has 0 aliphatic carbocycles. The zero-order chi connectivity index (χ0) is 22.2. The van der Waals surface area contributed by atoms with Crippen LogP contribution >= 0.6 is 11.6 Å². The van der Waals surface area contributed by atoms with E-state index in [9.17, 15) is 14.4 Å². The lowest BCUT2D eigenvalue weighted by Gasteiger charge is -2.35. The van der Waals surface area contributed by atoms with Crippen LogP contribution in [0.25, 0.3) is 0 Å².